The Kier molecular flexibility index (Phi) is 7.80. The summed E-state index contributed by atoms with van der Waals surface area (Å²) in [5.74, 6) is 1.76. The molecule has 0 aromatic carbocycles. The van der Waals surface area contributed by atoms with Crippen molar-refractivity contribution >= 4 is 5.52 Å². The van der Waals surface area contributed by atoms with E-state index < -0.39 is 23.5 Å². The number of imidazole rings is 1. The highest BCUT2D eigenvalue weighted by molar-refractivity contribution is 5.56. The fraction of sp³-hybridized carbons (Fsp3) is 0.759. The molecule has 2 saturated heterocycles. The SMILES string of the molecule is C[C@H]1C[C@@H](O)CN(Cc2cc(C(F)(F)F)c3cn(C4CCCC([C@@H](C5CCC5)C5NNCN5C)C4)c(=O)n3c2)C1. The van der Waals surface area contributed by atoms with Gasteiger partial charge in [0.1, 0.15) is 0 Å². The Morgan fingerprint density at radius 3 is 2.48 bits per heavy atom. The Morgan fingerprint density at radius 2 is 1.82 bits per heavy atom. The molecule has 2 aliphatic heterocycles. The summed E-state index contributed by atoms with van der Waals surface area (Å²) < 4.78 is 45.7. The molecule has 4 fully saturated rings. The zero-order chi connectivity index (χ0) is 28.2. The maximum absolute atomic E-state index is 14.3. The number of pyridine rings is 1. The van der Waals surface area contributed by atoms with Gasteiger partial charge in [-0.3, -0.25) is 18.8 Å². The highest BCUT2D eigenvalue weighted by atomic mass is 19.4. The number of aliphatic hydroxyl groups is 1. The first-order valence-electron chi connectivity index (χ1n) is 15.0. The van der Waals surface area contributed by atoms with Crippen molar-refractivity contribution in [2.75, 3.05) is 26.8 Å². The van der Waals surface area contributed by atoms with E-state index in [2.05, 4.69) is 22.8 Å². The standard InChI is InChI=1S/C29H43F3N6O2/c1-18-9-23(39)15-36(12-18)13-19-10-24(29(30,31)32)25-16-37(28(40)38(25)14-19)22-8-4-7-21(11-22)26(20-5-3-6-20)27-34-33-17-35(27)2/h10,14,16,18,20-23,26-27,33-34,39H,3-9,11-13,15,17H2,1-2H3/t18-,21?,22?,23+,26+,27?/m0/s1. The van der Waals surface area contributed by atoms with E-state index in [1.165, 1.54) is 35.9 Å². The van der Waals surface area contributed by atoms with Crippen molar-refractivity contribution in [3.8, 4) is 0 Å². The van der Waals surface area contributed by atoms with Gasteiger partial charge < -0.3 is 5.11 Å². The number of β-amino-alcohol motifs (C(OH)–C–C–N with tert-alkyl or cyclic N) is 1. The molecule has 2 aromatic heterocycles. The van der Waals surface area contributed by atoms with Gasteiger partial charge in [-0.05, 0) is 68.0 Å². The molecule has 11 heteroatoms. The van der Waals surface area contributed by atoms with E-state index in [1.54, 1.807) is 10.8 Å². The zero-order valence-corrected chi connectivity index (χ0v) is 23.5. The van der Waals surface area contributed by atoms with Crippen LogP contribution in [0.4, 0.5) is 13.2 Å². The van der Waals surface area contributed by atoms with E-state index in [0.29, 0.717) is 42.8 Å². The molecule has 0 spiro atoms. The first kappa shape index (κ1) is 28.2. The molecule has 3 unspecified atom stereocenters. The molecule has 3 N–H and O–H groups in total. The van der Waals surface area contributed by atoms with Crippen LogP contribution in [0.3, 0.4) is 0 Å². The van der Waals surface area contributed by atoms with Gasteiger partial charge in [0, 0.05) is 38.1 Å². The number of fused-ring (bicyclic) bond motifs is 1. The normalized spacial score (nSPS) is 32.0. The second-order valence-corrected chi connectivity index (χ2v) is 13.1. The third kappa shape index (κ3) is 5.47. The Bertz CT molecular complexity index is 1250. The number of alkyl halides is 3. The molecule has 2 saturated carbocycles. The molecule has 8 nitrogen and oxygen atoms in total. The van der Waals surface area contributed by atoms with Crippen molar-refractivity contribution in [3.05, 3.63) is 40.1 Å². The molecule has 6 atom stereocenters. The summed E-state index contributed by atoms with van der Waals surface area (Å²) in [6, 6.07) is 1.08. The van der Waals surface area contributed by atoms with Gasteiger partial charge in [0.15, 0.2) is 0 Å². The Hall–Kier alpha value is -1.92. The summed E-state index contributed by atoms with van der Waals surface area (Å²) in [5.41, 5.74) is 5.94. The number of hydrogen-bond donors (Lipinski definition) is 3. The summed E-state index contributed by atoms with van der Waals surface area (Å²) in [6.07, 6.45) is 6.24. The predicted octanol–water partition coefficient (Wildman–Crippen LogP) is 3.79. The average molecular weight is 565 g/mol. The molecule has 6 rings (SSSR count). The lowest BCUT2D eigenvalue weighted by Crippen LogP contribution is -2.50. The summed E-state index contributed by atoms with van der Waals surface area (Å²) in [5, 5.41) is 10.2. The summed E-state index contributed by atoms with van der Waals surface area (Å²) in [7, 11) is 2.12. The van der Waals surface area contributed by atoms with Crippen LogP contribution in [0.1, 0.15) is 75.5 Å². The number of nitrogens with zero attached hydrogens (tertiary/aromatic N) is 4. The number of aliphatic hydroxyl groups excluding tert-OH is 1. The lowest BCUT2D eigenvalue weighted by Gasteiger charge is -2.46. The maximum Gasteiger partial charge on any atom is 0.418 e. The Morgan fingerprint density at radius 1 is 1.07 bits per heavy atom. The first-order chi connectivity index (χ1) is 19.1. The topological polar surface area (TPSA) is 77.2 Å². The van der Waals surface area contributed by atoms with Gasteiger partial charge in [-0.25, -0.2) is 15.6 Å². The fourth-order valence-corrected chi connectivity index (χ4v) is 8.05. The van der Waals surface area contributed by atoms with Crippen molar-refractivity contribution in [1.29, 1.82) is 0 Å². The molecule has 40 heavy (non-hydrogen) atoms. The van der Waals surface area contributed by atoms with Crippen molar-refractivity contribution in [3.63, 3.8) is 0 Å². The third-order valence-electron chi connectivity index (χ3n) is 10.0. The van der Waals surface area contributed by atoms with Crippen LogP contribution in [0, 0.1) is 23.7 Å². The van der Waals surface area contributed by atoms with Gasteiger partial charge in [0.05, 0.1) is 30.0 Å². The number of halogens is 3. The molecule has 4 heterocycles. The van der Waals surface area contributed by atoms with E-state index in [0.717, 1.165) is 32.4 Å². The predicted molar refractivity (Wildman–Crippen MR) is 146 cm³/mol. The molecular weight excluding hydrogens is 521 g/mol. The Balaban J connectivity index is 1.31. The lowest BCUT2D eigenvalue weighted by atomic mass is 9.65. The van der Waals surface area contributed by atoms with Gasteiger partial charge in [-0.2, -0.15) is 13.2 Å². The molecular formula is C29H43F3N6O2. The van der Waals surface area contributed by atoms with Crippen LogP contribution in [-0.4, -0.2) is 62.9 Å². The van der Waals surface area contributed by atoms with Gasteiger partial charge in [-0.1, -0.05) is 32.6 Å². The molecule has 0 bridgehead atoms. The van der Waals surface area contributed by atoms with E-state index in [-0.39, 0.29) is 30.2 Å². The largest absolute Gasteiger partial charge is 0.418 e. The minimum atomic E-state index is -4.58. The average Bonchev–Trinajstić information content (AvgIpc) is 3.42. The van der Waals surface area contributed by atoms with Crippen LogP contribution >= 0.6 is 0 Å². The Labute approximate surface area is 233 Å². The van der Waals surface area contributed by atoms with Crippen molar-refractivity contribution in [2.24, 2.45) is 23.7 Å². The fourth-order valence-electron chi connectivity index (χ4n) is 8.05. The number of hydrazine groups is 1. The zero-order valence-electron chi connectivity index (χ0n) is 23.5. The molecule has 2 aliphatic carbocycles. The molecule has 0 amide bonds. The second kappa shape index (κ2) is 11.1. The van der Waals surface area contributed by atoms with Crippen LogP contribution in [0.2, 0.25) is 0 Å². The van der Waals surface area contributed by atoms with E-state index in [4.69, 9.17) is 0 Å². The number of likely N-dealkylation sites (tertiary alicyclic amines) is 1. The third-order valence-corrected chi connectivity index (χ3v) is 10.0. The molecule has 0 radical (unpaired) electrons. The number of piperidine rings is 1. The minimum Gasteiger partial charge on any atom is -0.392 e. The maximum atomic E-state index is 14.3. The van der Waals surface area contributed by atoms with Gasteiger partial charge in [0.2, 0.25) is 0 Å². The number of rotatable bonds is 6. The summed E-state index contributed by atoms with van der Waals surface area (Å²) in [4.78, 5) is 18.0. The van der Waals surface area contributed by atoms with E-state index >= 15 is 0 Å². The molecule has 4 aliphatic rings. The summed E-state index contributed by atoms with van der Waals surface area (Å²) in [6.45, 7) is 4.22. The summed E-state index contributed by atoms with van der Waals surface area (Å²) >= 11 is 0. The van der Waals surface area contributed by atoms with Crippen molar-refractivity contribution in [1.82, 2.24) is 29.6 Å². The van der Waals surface area contributed by atoms with Crippen molar-refractivity contribution in [2.45, 2.75) is 89.3 Å². The first-order valence-corrected chi connectivity index (χ1v) is 15.0. The van der Waals surface area contributed by atoms with Gasteiger partial charge in [-0.15, -0.1) is 0 Å². The minimum absolute atomic E-state index is 0.0765. The number of hydrogen-bond acceptors (Lipinski definition) is 6. The van der Waals surface area contributed by atoms with Crippen LogP contribution in [0.5, 0.6) is 0 Å². The smallest absolute Gasteiger partial charge is 0.392 e. The molecule has 222 valence electrons. The van der Waals surface area contributed by atoms with Crippen molar-refractivity contribution < 1.29 is 18.3 Å². The quantitative estimate of drug-likeness (QED) is 0.496. The van der Waals surface area contributed by atoms with Gasteiger partial charge >= 0.3 is 11.9 Å². The number of aromatic nitrogens is 2. The number of nitrogens with one attached hydrogen (secondary N) is 2. The van der Waals surface area contributed by atoms with Gasteiger partial charge in [0.25, 0.3) is 0 Å². The van der Waals surface area contributed by atoms with Crippen LogP contribution < -0.4 is 16.5 Å². The monoisotopic (exact) mass is 564 g/mol. The highest BCUT2D eigenvalue weighted by Crippen LogP contribution is 2.47. The lowest BCUT2D eigenvalue weighted by molar-refractivity contribution is -0.136. The second-order valence-electron chi connectivity index (χ2n) is 13.1. The molecule has 2 aromatic rings. The van der Waals surface area contributed by atoms with E-state index in [9.17, 15) is 23.1 Å². The van der Waals surface area contributed by atoms with Crippen LogP contribution in [-0.2, 0) is 12.7 Å². The van der Waals surface area contributed by atoms with E-state index in [1.807, 2.05) is 11.8 Å². The van der Waals surface area contributed by atoms with Crippen LogP contribution in [0.25, 0.3) is 5.52 Å². The highest BCUT2D eigenvalue weighted by Gasteiger charge is 2.44. The van der Waals surface area contributed by atoms with Crippen LogP contribution in [0.15, 0.2) is 23.3 Å².